The van der Waals surface area contributed by atoms with E-state index in [1.54, 1.807) is 12.1 Å². The van der Waals surface area contributed by atoms with Gasteiger partial charge >= 0.3 is 6.18 Å². The molecule has 2 aliphatic carbocycles. The van der Waals surface area contributed by atoms with E-state index in [9.17, 15) is 13.2 Å². The fraction of sp³-hybridized carbons (Fsp3) is 0.800. The molecule has 0 nitrogen and oxygen atoms in total. The van der Waals surface area contributed by atoms with Gasteiger partial charge in [-0.15, -0.1) is 0 Å². The number of unbranched alkanes of at least 4 members (excludes halogenated alkanes) is 7. The van der Waals surface area contributed by atoms with Crippen LogP contribution >= 0.6 is 0 Å². The van der Waals surface area contributed by atoms with E-state index in [1.165, 1.54) is 115 Å². The second-order valence-corrected chi connectivity index (χ2v) is 11.2. The van der Waals surface area contributed by atoms with Crippen LogP contribution in [0, 0.1) is 17.8 Å². The molecule has 0 aliphatic heterocycles. The van der Waals surface area contributed by atoms with E-state index in [4.69, 9.17) is 0 Å². The van der Waals surface area contributed by atoms with Crippen molar-refractivity contribution in [1.29, 1.82) is 0 Å². The molecule has 1 aromatic carbocycles. The molecular formula is C30H47F3. The lowest BCUT2D eigenvalue weighted by Crippen LogP contribution is -2.25. The molecule has 33 heavy (non-hydrogen) atoms. The molecule has 3 rings (SSSR count). The van der Waals surface area contributed by atoms with Crippen molar-refractivity contribution in [2.75, 3.05) is 0 Å². The van der Waals surface area contributed by atoms with E-state index >= 15 is 0 Å². The lowest BCUT2D eigenvalue weighted by molar-refractivity contribution is -0.127. The van der Waals surface area contributed by atoms with Crippen LogP contribution < -0.4 is 0 Å². The van der Waals surface area contributed by atoms with Gasteiger partial charge in [0.05, 0.1) is 6.42 Å². The lowest BCUT2D eigenvalue weighted by Gasteiger charge is -2.38. The van der Waals surface area contributed by atoms with E-state index in [2.05, 4.69) is 6.92 Å². The standard InChI is InChI=1S/C30H47F3/c1-2-3-4-5-6-7-8-9-10-24-11-15-26(16-12-24)28-19-21-29(22-20-28)27-17-13-25(14-18-27)23-30(31,32)33/h13-14,17-18,24,26,28-29H,2-12,15-16,19-23H2,1H3/t24-,26-,28?,29?. The topological polar surface area (TPSA) is 0 Å². The van der Waals surface area contributed by atoms with Crippen LogP contribution in [0.25, 0.3) is 0 Å². The van der Waals surface area contributed by atoms with Gasteiger partial charge in [0.25, 0.3) is 0 Å². The zero-order chi connectivity index (χ0) is 23.5. The summed E-state index contributed by atoms with van der Waals surface area (Å²) in [5, 5.41) is 0. The number of rotatable bonds is 12. The van der Waals surface area contributed by atoms with Crippen molar-refractivity contribution in [3.8, 4) is 0 Å². The molecule has 0 radical (unpaired) electrons. The molecule has 1 aromatic rings. The van der Waals surface area contributed by atoms with Crippen LogP contribution in [0.3, 0.4) is 0 Å². The summed E-state index contributed by atoms with van der Waals surface area (Å²) in [5.41, 5.74) is 1.62. The minimum absolute atomic E-state index is 0.378. The molecule has 0 saturated heterocycles. The van der Waals surface area contributed by atoms with E-state index < -0.39 is 12.6 Å². The van der Waals surface area contributed by atoms with Gasteiger partial charge in [-0.1, -0.05) is 102 Å². The van der Waals surface area contributed by atoms with Crippen LogP contribution in [0.2, 0.25) is 0 Å². The Morgan fingerprint density at radius 1 is 0.667 bits per heavy atom. The van der Waals surface area contributed by atoms with Crippen molar-refractivity contribution in [3.05, 3.63) is 35.4 Å². The molecule has 188 valence electrons. The van der Waals surface area contributed by atoms with Gasteiger partial charge in [-0.2, -0.15) is 13.2 Å². The average molecular weight is 465 g/mol. The first-order valence-corrected chi connectivity index (χ1v) is 14.1. The number of hydrogen-bond donors (Lipinski definition) is 0. The highest BCUT2D eigenvalue weighted by atomic mass is 19.4. The molecule has 0 atom stereocenters. The molecular weight excluding hydrogens is 417 g/mol. The number of halogens is 3. The van der Waals surface area contributed by atoms with Crippen LogP contribution in [0.15, 0.2) is 24.3 Å². The van der Waals surface area contributed by atoms with Gasteiger partial charge in [-0.05, 0) is 73.3 Å². The highest BCUT2D eigenvalue weighted by Crippen LogP contribution is 2.44. The maximum Gasteiger partial charge on any atom is 0.393 e. The maximum atomic E-state index is 12.6. The molecule has 0 amide bonds. The van der Waals surface area contributed by atoms with E-state index in [0.29, 0.717) is 11.5 Å². The van der Waals surface area contributed by atoms with Gasteiger partial charge in [-0.3, -0.25) is 0 Å². The minimum Gasteiger partial charge on any atom is -0.171 e. The summed E-state index contributed by atoms with van der Waals surface area (Å²) >= 11 is 0. The highest BCUT2D eigenvalue weighted by Gasteiger charge is 2.31. The van der Waals surface area contributed by atoms with Gasteiger partial charge < -0.3 is 0 Å². The summed E-state index contributed by atoms with van der Waals surface area (Å²) in [4.78, 5) is 0. The Labute approximate surface area is 201 Å². The van der Waals surface area contributed by atoms with Crippen molar-refractivity contribution in [3.63, 3.8) is 0 Å². The van der Waals surface area contributed by atoms with E-state index in [0.717, 1.165) is 17.8 Å². The van der Waals surface area contributed by atoms with Crippen molar-refractivity contribution >= 4 is 0 Å². The molecule has 2 aliphatic rings. The predicted octanol–water partition coefficient (Wildman–Crippen LogP) is 10.4. The summed E-state index contributed by atoms with van der Waals surface area (Å²) in [7, 11) is 0. The van der Waals surface area contributed by atoms with Crippen LogP contribution in [0.1, 0.15) is 133 Å². The van der Waals surface area contributed by atoms with E-state index in [1.807, 2.05) is 12.1 Å². The van der Waals surface area contributed by atoms with E-state index in [-0.39, 0.29) is 0 Å². The Bertz CT molecular complexity index is 632. The second-order valence-electron chi connectivity index (χ2n) is 11.2. The first-order chi connectivity index (χ1) is 15.9. The zero-order valence-electron chi connectivity index (χ0n) is 21.0. The summed E-state index contributed by atoms with van der Waals surface area (Å²) in [6.45, 7) is 2.28. The molecule has 0 unspecified atom stereocenters. The summed E-state index contributed by atoms with van der Waals surface area (Å²) in [5.74, 6) is 3.33. The number of benzene rings is 1. The van der Waals surface area contributed by atoms with Crippen LogP contribution in [0.4, 0.5) is 13.2 Å². The Morgan fingerprint density at radius 3 is 1.73 bits per heavy atom. The van der Waals surface area contributed by atoms with Crippen molar-refractivity contribution in [1.82, 2.24) is 0 Å². The van der Waals surface area contributed by atoms with Crippen LogP contribution in [-0.4, -0.2) is 6.18 Å². The van der Waals surface area contributed by atoms with Crippen molar-refractivity contribution < 1.29 is 13.2 Å². The first kappa shape index (κ1) is 26.6. The van der Waals surface area contributed by atoms with Crippen molar-refractivity contribution in [2.24, 2.45) is 17.8 Å². The first-order valence-electron chi connectivity index (χ1n) is 14.1. The fourth-order valence-electron chi connectivity index (χ4n) is 6.58. The Balaban J connectivity index is 1.28. The molecule has 3 heteroatoms. The van der Waals surface area contributed by atoms with Gasteiger partial charge in [0.1, 0.15) is 0 Å². The Kier molecular flexibility index (Phi) is 11.1. The average Bonchev–Trinajstić information content (AvgIpc) is 2.81. The lowest BCUT2D eigenvalue weighted by atomic mass is 9.68. The minimum atomic E-state index is -4.12. The smallest absolute Gasteiger partial charge is 0.171 e. The third-order valence-corrected chi connectivity index (χ3v) is 8.65. The fourth-order valence-corrected chi connectivity index (χ4v) is 6.58. The van der Waals surface area contributed by atoms with Crippen LogP contribution in [-0.2, 0) is 6.42 Å². The quantitative estimate of drug-likeness (QED) is 0.270. The molecule has 0 spiro atoms. The Morgan fingerprint density at radius 2 is 1.18 bits per heavy atom. The maximum absolute atomic E-state index is 12.6. The van der Waals surface area contributed by atoms with Gasteiger partial charge in [-0.25, -0.2) is 0 Å². The third kappa shape index (κ3) is 9.65. The summed E-state index contributed by atoms with van der Waals surface area (Å²) in [6.07, 6.45) is 18.7. The largest absolute Gasteiger partial charge is 0.393 e. The van der Waals surface area contributed by atoms with Gasteiger partial charge in [0, 0.05) is 0 Å². The molecule has 0 bridgehead atoms. The molecule has 0 aromatic heterocycles. The normalized spacial score (nSPS) is 26.4. The molecule has 2 fully saturated rings. The van der Waals surface area contributed by atoms with Crippen molar-refractivity contribution in [2.45, 2.75) is 135 Å². The summed E-state index contributed by atoms with van der Waals surface area (Å²) < 4.78 is 37.7. The number of hydrogen-bond acceptors (Lipinski definition) is 0. The SMILES string of the molecule is CCCCCCCCCC[C@H]1CC[C@H](C2CCC(c3ccc(CC(F)(F)F)cc3)CC2)CC1. The van der Waals surface area contributed by atoms with Gasteiger partial charge in [0.2, 0.25) is 0 Å². The van der Waals surface area contributed by atoms with Gasteiger partial charge in [0.15, 0.2) is 0 Å². The monoisotopic (exact) mass is 464 g/mol. The summed E-state index contributed by atoms with van der Waals surface area (Å²) in [6, 6.07) is 7.26. The molecule has 2 saturated carbocycles. The third-order valence-electron chi connectivity index (χ3n) is 8.65. The zero-order valence-corrected chi connectivity index (χ0v) is 21.0. The molecule has 0 N–H and O–H groups in total. The second kappa shape index (κ2) is 13.8. The highest BCUT2D eigenvalue weighted by molar-refractivity contribution is 5.26. The van der Waals surface area contributed by atoms with Crippen LogP contribution in [0.5, 0.6) is 0 Å². The Hall–Kier alpha value is -0.990. The molecule has 0 heterocycles. The predicted molar refractivity (Wildman–Crippen MR) is 134 cm³/mol. The number of alkyl halides is 3.